The number of halogens is 1. The fraction of sp³-hybridized carbons (Fsp3) is 0.0909. The van der Waals surface area contributed by atoms with Crippen molar-refractivity contribution in [2.24, 2.45) is 0 Å². The van der Waals surface area contributed by atoms with Crippen molar-refractivity contribution in [3.8, 4) is 17.1 Å². The minimum atomic E-state index is 0.518. The number of benzene rings is 2. The smallest absolute Gasteiger partial charge is 0.200 e. The molecule has 1 N–H and O–H groups in total. The molecule has 0 atom stereocenters. The molecule has 5 aromatic rings. The summed E-state index contributed by atoms with van der Waals surface area (Å²) in [6.45, 7) is 1.33. The molecule has 3 heterocycles. The lowest BCUT2D eigenvalue weighted by Crippen LogP contribution is -2.01. The largest absolute Gasteiger partial charge is 0.267 e. The quantitative estimate of drug-likeness (QED) is 0.382. The summed E-state index contributed by atoms with van der Waals surface area (Å²) >= 11 is 11.4. The van der Waals surface area contributed by atoms with Gasteiger partial charge in [-0.2, -0.15) is 15.3 Å². The Kier molecular flexibility index (Phi) is 5.23. The summed E-state index contributed by atoms with van der Waals surface area (Å²) in [6.07, 6.45) is 7.20. The van der Waals surface area contributed by atoms with Crippen LogP contribution in [0.2, 0.25) is 5.02 Å². The Morgan fingerprint density at radius 1 is 0.839 bits per heavy atom. The summed E-state index contributed by atoms with van der Waals surface area (Å²) in [7, 11) is 0. The van der Waals surface area contributed by atoms with Gasteiger partial charge in [0.2, 0.25) is 0 Å². The Morgan fingerprint density at radius 2 is 1.52 bits per heavy atom. The second-order valence-corrected chi connectivity index (χ2v) is 7.95. The van der Waals surface area contributed by atoms with E-state index in [2.05, 4.69) is 32.5 Å². The van der Waals surface area contributed by atoms with E-state index >= 15 is 0 Å². The van der Waals surface area contributed by atoms with Gasteiger partial charge in [0.1, 0.15) is 0 Å². The van der Waals surface area contributed by atoms with Crippen LogP contribution in [0.4, 0.5) is 0 Å². The van der Waals surface area contributed by atoms with Crippen molar-refractivity contribution in [1.29, 1.82) is 0 Å². The standard InChI is InChI=1S/C22H18ClN7S/c23-19-10-24-28(14-19)13-17-6-8-18(9-7-17)21-26-27-22(31)30(21)20-11-25-29(15-20)12-16-4-2-1-3-5-16/h1-11,14-15H,12-13H2,(H,27,31). The fourth-order valence-corrected chi connectivity index (χ4v) is 3.82. The highest BCUT2D eigenvalue weighted by Crippen LogP contribution is 2.22. The molecule has 5 rings (SSSR count). The molecule has 0 spiro atoms. The van der Waals surface area contributed by atoms with Crippen LogP contribution in [-0.4, -0.2) is 34.3 Å². The molecule has 0 aliphatic rings. The van der Waals surface area contributed by atoms with Gasteiger partial charge in [0.25, 0.3) is 0 Å². The van der Waals surface area contributed by atoms with Gasteiger partial charge >= 0.3 is 0 Å². The molecule has 2 aromatic carbocycles. The van der Waals surface area contributed by atoms with Gasteiger partial charge in [0, 0.05) is 18.0 Å². The van der Waals surface area contributed by atoms with Crippen LogP contribution in [0.25, 0.3) is 17.1 Å². The van der Waals surface area contributed by atoms with Gasteiger partial charge in [0.05, 0.1) is 36.2 Å². The van der Waals surface area contributed by atoms with Crippen LogP contribution in [0.1, 0.15) is 11.1 Å². The van der Waals surface area contributed by atoms with Crippen LogP contribution in [0.5, 0.6) is 0 Å². The highest BCUT2D eigenvalue weighted by Gasteiger charge is 2.13. The maximum Gasteiger partial charge on any atom is 0.200 e. The SMILES string of the molecule is S=c1[nH]nc(-c2ccc(Cn3cc(Cl)cn3)cc2)n1-c1cnn(Cc2ccccc2)c1. The zero-order valence-corrected chi connectivity index (χ0v) is 18.0. The highest BCUT2D eigenvalue weighted by atomic mass is 35.5. The maximum atomic E-state index is 5.94. The molecule has 9 heteroatoms. The number of hydrogen-bond acceptors (Lipinski definition) is 4. The molecular formula is C22H18ClN7S. The van der Waals surface area contributed by atoms with E-state index < -0.39 is 0 Å². The molecule has 0 aliphatic heterocycles. The molecule has 0 saturated carbocycles. The first-order valence-corrected chi connectivity index (χ1v) is 10.5. The zero-order valence-electron chi connectivity index (χ0n) is 16.4. The molecule has 154 valence electrons. The van der Waals surface area contributed by atoms with Gasteiger partial charge in [-0.15, -0.1) is 0 Å². The van der Waals surface area contributed by atoms with Crippen molar-refractivity contribution >= 4 is 23.8 Å². The Bertz CT molecular complexity index is 1360. The summed E-state index contributed by atoms with van der Waals surface area (Å²) in [6, 6.07) is 18.3. The van der Waals surface area contributed by atoms with E-state index in [1.54, 1.807) is 23.3 Å². The number of aromatic amines is 1. The Labute approximate surface area is 188 Å². The lowest BCUT2D eigenvalue weighted by molar-refractivity contribution is 0.686. The van der Waals surface area contributed by atoms with Gasteiger partial charge in [-0.25, -0.2) is 0 Å². The minimum Gasteiger partial charge on any atom is -0.267 e. The molecule has 0 saturated heterocycles. The van der Waals surface area contributed by atoms with E-state index in [1.807, 2.05) is 57.9 Å². The zero-order chi connectivity index (χ0) is 21.2. The van der Waals surface area contributed by atoms with Crippen molar-refractivity contribution in [2.75, 3.05) is 0 Å². The van der Waals surface area contributed by atoms with Crippen LogP contribution in [0.15, 0.2) is 79.4 Å². The van der Waals surface area contributed by atoms with Crippen molar-refractivity contribution in [1.82, 2.24) is 34.3 Å². The number of aromatic nitrogens is 7. The van der Waals surface area contributed by atoms with E-state index in [0.29, 0.717) is 22.9 Å². The van der Waals surface area contributed by atoms with Crippen molar-refractivity contribution < 1.29 is 0 Å². The summed E-state index contributed by atoms with van der Waals surface area (Å²) in [4.78, 5) is 0. The molecular weight excluding hydrogens is 430 g/mol. The third-order valence-electron chi connectivity index (χ3n) is 4.90. The third kappa shape index (κ3) is 4.21. The van der Waals surface area contributed by atoms with Crippen LogP contribution < -0.4 is 0 Å². The highest BCUT2D eigenvalue weighted by molar-refractivity contribution is 7.71. The number of hydrogen-bond donors (Lipinski definition) is 1. The normalized spacial score (nSPS) is 11.1. The van der Waals surface area contributed by atoms with Gasteiger partial charge in [0.15, 0.2) is 10.6 Å². The summed E-state index contributed by atoms with van der Waals surface area (Å²) < 4.78 is 6.10. The van der Waals surface area contributed by atoms with E-state index in [9.17, 15) is 0 Å². The monoisotopic (exact) mass is 447 g/mol. The van der Waals surface area contributed by atoms with E-state index in [-0.39, 0.29) is 0 Å². The molecule has 0 amide bonds. The van der Waals surface area contributed by atoms with Crippen LogP contribution >= 0.6 is 23.8 Å². The summed E-state index contributed by atoms with van der Waals surface area (Å²) in [5.74, 6) is 0.734. The molecule has 31 heavy (non-hydrogen) atoms. The lowest BCUT2D eigenvalue weighted by Gasteiger charge is -2.06. The molecule has 0 radical (unpaired) electrons. The Hall–Kier alpha value is -3.49. The number of nitrogens with one attached hydrogen (secondary N) is 1. The molecule has 0 aliphatic carbocycles. The average Bonchev–Trinajstić information content (AvgIpc) is 3.50. The lowest BCUT2D eigenvalue weighted by atomic mass is 10.1. The first-order valence-electron chi connectivity index (χ1n) is 9.67. The molecule has 7 nitrogen and oxygen atoms in total. The molecule has 0 unspecified atom stereocenters. The number of H-pyrrole nitrogens is 1. The topological polar surface area (TPSA) is 69.2 Å². The second-order valence-electron chi connectivity index (χ2n) is 7.12. The maximum absolute atomic E-state index is 5.94. The predicted octanol–water partition coefficient (Wildman–Crippen LogP) is 4.74. The summed E-state index contributed by atoms with van der Waals surface area (Å²) in [5.41, 5.74) is 4.10. The average molecular weight is 448 g/mol. The van der Waals surface area contributed by atoms with E-state index in [1.165, 1.54) is 5.56 Å². The second kappa shape index (κ2) is 8.33. The molecule has 0 fully saturated rings. The van der Waals surface area contributed by atoms with Crippen LogP contribution in [0.3, 0.4) is 0 Å². The molecule has 0 bridgehead atoms. The van der Waals surface area contributed by atoms with Crippen molar-refractivity contribution in [3.05, 3.63) is 100 Å². The summed E-state index contributed by atoms with van der Waals surface area (Å²) in [5, 5.41) is 16.7. The van der Waals surface area contributed by atoms with Crippen LogP contribution in [-0.2, 0) is 13.1 Å². The first kappa shape index (κ1) is 19.5. The van der Waals surface area contributed by atoms with Gasteiger partial charge in [-0.1, -0.05) is 66.2 Å². The first-order chi connectivity index (χ1) is 15.2. The van der Waals surface area contributed by atoms with Crippen LogP contribution in [0, 0.1) is 4.77 Å². The predicted molar refractivity (Wildman–Crippen MR) is 122 cm³/mol. The number of rotatable bonds is 6. The van der Waals surface area contributed by atoms with E-state index in [0.717, 1.165) is 22.6 Å². The van der Waals surface area contributed by atoms with Gasteiger partial charge in [-0.05, 0) is 23.3 Å². The van der Waals surface area contributed by atoms with Gasteiger partial charge in [-0.3, -0.25) is 19.0 Å². The Balaban J connectivity index is 1.40. The fourth-order valence-electron chi connectivity index (χ4n) is 3.43. The van der Waals surface area contributed by atoms with E-state index in [4.69, 9.17) is 23.8 Å². The van der Waals surface area contributed by atoms with Gasteiger partial charge < -0.3 is 0 Å². The van der Waals surface area contributed by atoms with Crippen molar-refractivity contribution in [2.45, 2.75) is 13.1 Å². The molecule has 3 aromatic heterocycles. The van der Waals surface area contributed by atoms with Crippen molar-refractivity contribution in [3.63, 3.8) is 0 Å². The Morgan fingerprint density at radius 3 is 2.23 bits per heavy atom. The third-order valence-corrected chi connectivity index (χ3v) is 5.37. The number of nitrogens with zero attached hydrogens (tertiary/aromatic N) is 6. The minimum absolute atomic E-state index is 0.518.